The van der Waals surface area contributed by atoms with E-state index in [1.165, 1.54) is 18.2 Å². The smallest absolute Gasteiger partial charge is 0.293 e. The molecule has 1 atom stereocenters. The number of nitrogens with two attached hydrogens (primary N) is 1. The number of nitrogen functional groups attached to an aromatic ring is 1. The lowest BCUT2D eigenvalue weighted by Gasteiger charge is -2.28. The molecule has 20 heavy (non-hydrogen) atoms. The Morgan fingerprint density at radius 1 is 1.40 bits per heavy atom. The van der Waals surface area contributed by atoms with Gasteiger partial charge in [0, 0.05) is 24.7 Å². The number of hydrazine groups is 1. The van der Waals surface area contributed by atoms with Crippen LogP contribution in [0.15, 0.2) is 18.2 Å². The van der Waals surface area contributed by atoms with E-state index in [0.717, 1.165) is 0 Å². The molecule has 0 aliphatic rings. The van der Waals surface area contributed by atoms with Crippen molar-refractivity contribution in [3.63, 3.8) is 0 Å². The van der Waals surface area contributed by atoms with E-state index in [1.54, 1.807) is 11.9 Å². The van der Waals surface area contributed by atoms with Crippen LogP contribution in [0.4, 0.5) is 11.4 Å². The summed E-state index contributed by atoms with van der Waals surface area (Å²) in [6.45, 7) is 6.00. The van der Waals surface area contributed by atoms with Crippen molar-refractivity contribution in [2.45, 2.75) is 26.8 Å². The molecular weight excluding hydrogens is 260 g/mol. The van der Waals surface area contributed by atoms with Crippen LogP contribution in [-0.4, -0.2) is 28.8 Å². The molecule has 0 aromatic heterocycles. The number of nitrogens with zero attached hydrogens (tertiary/aromatic N) is 2. The summed E-state index contributed by atoms with van der Waals surface area (Å²) in [4.78, 5) is 24.2. The van der Waals surface area contributed by atoms with Gasteiger partial charge in [-0.3, -0.25) is 20.8 Å². The zero-order valence-electron chi connectivity index (χ0n) is 12.1. The zero-order chi connectivity index (χ0) is 15.4. The van der Waals surface area contributed by atoms with E-state index in [2.05, 4.69) is 5.43 Å². The van der Waals surface area contributed by atoms with Crippen molar-refractivity contribution in [2.24, 2.45) is 11.8 Å². The van der Waals surface area contributed by atoms with E-state index < -0.39 is 4.92 Å². The number of nitrogens with one attached hydrogen (secondary N) is 1. The average molecular weight is 280 g/mol. The second-order valence-electron chi connectivity index (χ2n) is 5.03. The van der Waals surface area contributed by atoms with Gasteiger partial charge in [-0.25, -0.2) is 0 Å². The number of hydrogen-bond acceptors (Lipinski definition) is 5. The number of hydrogen-bond donors (Lipinski definition) is 2. The molecule has 0 heterocycles. The molecule has 0 saturated heterocycles. The summed E-state index contributed by atoms with van der Waals surface area (Å²) in [6.07, 6.45) is 0. The van der Waals surface area contributed by atoms with Gasteiger partial charge in [0.1, 0.15) is 5.69 Å². The second kappa shape index (κ2) is 6.33. The molecule has 1 amide bonds. The largest absolute Gasteiger partial charge is 0.339 e. The van der Waals surface area contributed by atoms with Crippen molar-refractivity contribution < 1.29 is 9.72 Å². The van der Waals surface area contributed by atoms with E-state index in [9.17, 15) is 14.9 Å². The first-order chi connectivity index (χ1) is 9.29. The Morgan fingerprint density at radius 3 is 2.45 bits per heavy atom. The number of nitro groups is 1. The maximum Gasteiger partial charge on any atom is 0.293 e. The Balaban J connectivity index is 3.09. The lowest BCUT2D eigenvalue weighted by Crippen LogP contribution is -2.38. The molecule has 0 saturated carbocycles. The minimum Gasteiger partial charge on any atom is -0.339 e. The summed E-state index contributed by atoms with van der Waals surface area (Å²) < 4.78 is 0. The van der Waals surface area contributed by atoms with Crippen LogP contribution < -0.4 is 11.3 Å². The van der Waals surface area contributed by atoms with Gasteiger partial charge in [0.25, 0.3) is 11.6 Å². The monoisotopic (exact) mass is 280 g/mol. The third kappa shape index (κ3) is 3.24. The minimum atomic E-state index is -0.552. The Kier molecular flexibility index (Phi) is 5.04. The first-order valence-corrected chi connectivity index (χ1v) is 6.31. The molecule has 0 radical (unpaired) electrons. The maximum absolute atomic E-state index is 12.3. The summed E-state index contributed by atoms with van der Waals surface area (Å²) in [6, 6.07) is 4.16. The van der Waals surface area contributed by atoms with Crippen molar-refractivity contribution in [1.82, 2.24) is 4.90 Å². The predicted molar refractivity (Wildman–Crippen MR) is 77.3 cm³/mol. The van der Waals surface area contributed by atoms with Crippen molar-refractivity contribution >= 4 is 17.3 Å². The standard InChI is InChI=1S/C13H20N4O3/c1-8(2)9(3)16(4)13(18)10-5-6-12(17(19)20)11(7-10)15-14/h5-9,15H,14H2,1-4H3. The molecule has 1 aromatic carbocycles. The summed E-state index contributed by atoms with van der Waals surface area (Å²) in [7, 11) is 1.71. The number of anilines is 1. The van der Waals surface area contributed by atoms with Gasteiger partial charge in [-0.05, 0) is 25.0 Å². The average Bonchev–Trinajstić information content (AvgIpc) is 2.43. The molecule has 7 heteroatoms. The maximum atomic E-state index is 12.3. The highest BCUT2D eigenvalue weighted by Crippen LogP contribution is 2.25. The zero-order valence-corrected chi connectivity index (χ0v) is 12.1. The molecule has 110 valence electrons. The van der Waals surface area contributed by atoms with E-state index in [-0.39, 0.29) is 23.3 Å². The van der Waals surface area contributed by atoms with E-state index in [4.69, 9.17) is 5.84 Å². The third-order valence-corrected chi connectivity index (χ3v) is 3.49. The van der Waals surface area contributed by atoms with Crippen molar-refractivity contribution in [1.29, 1.82) is 0 Å². The summed E-state index contributed by atoms with van der Waals surface area (Å²) in [5.41, 5.74) is 2.56. The van der Waals surface area contributed by atoms with Crippen LogP contribution in [0.1, 0.15) is 31.1 Å². The normalized spacial score (nSPS) is 12.1. The SMILES string of the molecule is CC(C)C(C)N(C)C(=O)c1ccc([N+](=O)[O-])c(NN)c1. The van der Waals surface area contributed by atoms with Crippen LogP contribution in [0.5, 0.6) is 0 Å². The predicted octanol–water partition coefficient (Wildman–Crippen LogP) is 2.00. The van der Waals surface area contributed by atoms with Crippen LogP contribution in [0, 0.1) is 16.0 Å². The van der Waals surface area contributed by atoms with E-state index in [1.807, 2.05) is 20.8 Å². The minimum absolute atomic E-state index is 0.0620. The van der Waals surface area contributed by atoms with E-state index >= 15 is 0 Å². The lowest BCUT2D eigenvalue weighted by molar-refractivity contribution is -0.384. The van der Waals surface area contributed by atoms with Crippen LogP contribution in [0.3, 0.4) is 0 Å². The molecule has 0 aliphatic carbocycles. The van der Waals surface area contributed by atoms with Gasteiger partial charge in [0.15, 0.2) is 0 Å². The number of rotatable bonds is 5. The van der Waals surface area contributed by atoms with Gasteiger partial charge < -0.3 is 10.3 Å². The fourth-order valence-electron chi connectivity index (χ4n) is 1.78. The lowest BCUT2D eigenvalue weighted by atomic mass is 10.0. The molecule has 3 N–H and O–H groups in total. The number of benzene rings is 1. The molecular formula is C13H20N4O3. The Labute approximate surface area is 117 Å². The molecule has 1 aromatic rings. The van der Waals surface area contributed by atoms with Crippen LogP contribution in [0.25, 0.3) is 0 Å². The molecule has 0 spiro atoms. The van der Waals surface area contributed by atoms with Gasteiger partial charge in [0.2, 0.25) is 0 Å². The topological polar surface area (TPSA) is 102 Å². The Hall–Kier alpha value is -2.15. The highest BCUT2D eigenvalue weighted by Gasteiger charge is 2.22. The summed E-state index contributed by atoms with van der Waals surface area (Å²) in [5.74, 6) is 5.38. The second-order valence-corrected chi connectivity index (χ2v) is 5.03. The number of amides is 1. The van der Waals surface area contributed by atoms with E-state index in [0.29, 0.717) is 11.5 Å². The number of nitro benzene ring substituents is 1. The molecule has 7 nitrogen and oxygen atoms in total. The molecule has 0 bridgehead atoms. The molecule has 0 fully saturated rings. The van der Waals surface area contributed by atoms with Gasteiger partial charge in [-0.1, -0.05) is 13.8 Å². The van der Waals surface area contributed by atoms with Crippen molar-refractivity contribution in [3.05, 3.63) is 33.9 Å². The molecule has 0 aliphatic heterocycles. The number of carbonyl (C=O) groups is 1. The first-order valence-electron chi connectivity index (χ1n) is 6.31. The fourth-order valence-corrected chi connectivity index (χ4v) is 1.78. The molecule has 1 unspecified atom stereocenters. The fraction of sp³-hybridized carbons (Fsp3) is 0.462. The first kappa shape index (κ1) is 15.9. The van der Waals surface area contributed by atoms with Gasteiger partial charge in [0.05, 0.1) is 4.92 Å². The van der Waals surface area contributed by atoms with Crippen LogP contribution >= 0.6 is 0 Å². The van der Waals surface area contributed by atoms with Crippen LogP contribution in [-0.2, 0) is 0 Å². The molecule has 1 rings (SSSR count). The van der Waals surface area contributed by atoms with Gasteiger partial charge >= 0.3 is 0 Å². The Morgan fingerprint density at radius 2 is 2.00 bits per heavy atom. The quantitative estimate of drug-likeness (QED) is 0.488. The summed E-state index contributed by atoms with van der Waals surface area (Å²) >= 11 is 0. The third-order valence-electron chi connectivity index (χ3n) is 3.49. The number of carbonyl (C=O) groups excluding carboxylic acids is 1. The van der Waals surface area contributed by atoms with Gasteiger partial charge in [-0.2, -0.15) is 0 Å². The van der Waals surface area contributed by atoms with Crippen molar-refractivity contribution in [2.75, 3.05) is 12.5 Å². The van der Waals surface area contributed by atoms with Crippen molar-refractivity contribution in [3.8, 4) is 0 Å². The highest BCUT2D eigenvalue weighted by atomic mass is 16.6. The Bertz CT molecular complexity index is 516. The highest BCUT2D eigenvalue weighted by molar-refractivity contribution is 5.96. The summed E-state index contributed by atoms with van der Waals surface area (Å²) in [5, 5.41) is 10.8. The van der Waals surface area contributed by atoms with Gasteiger partial charge in [-0.15, -0.1) is 0 Å². The van der Waals surface area contributed by atoms with Crippen LogP contribution in [0.2, 0.25) is 0 Å².